The third-order valence-corrected chi connectivity index (χ3v) is 5.46. The standard InChI is InChI=1S/C17H29NO3/c1-3-14(11-13-7-4-5-8-13)15(19)18-10-6-9-17(2,12-18)16(20)21/h13-14H,3-12H2,1-2H3,(H,20,21). The predicted molar refractivity (Wildman–Crippen MR) is 81.9 cm³/mol. The molecule has 0 spiro atoms. The van der Waals surface area contributed by atoms with Gasteiger partial charge in [-0.25, -0.2) is 0 Å². The van der Waals surface area contributed by atoms with Crippen LogP contribution in [0.25, 0.3) is 0 Å². The van der Waals surface area contributed by atoms with Gasteiger partial charge in [0.2, 0.25) is 5.91 Å². The molecule has 2 aliphatic rings. The van der Waals surface area contributed by atoms with Gasteiger partial charge in [0, 0.05) is 19.0 Å². The topological polar surface area (TPSA) is 57.6 Å². The molecule has 1 amide bonds. The van der Waals surface area contributed by atoms with Crippen molar-refractivity contribution in [3.63, 3.8) is 0 Å². The third-order valence-electron chi connectivity index (χ3n) is 5.46. The van der Waals surface area contributed by atoms with E-state index in [1.54, 1.807) is 6.92 Å². The van der Waals surface area contributed by atoms with Crippen LogP contribution in [0.3, 0.4) is 0 Å². The molecular formula is C17H29NO3. The van der Waals surface area contributed by atoms with Crippen molar-refractivity contribution in [1.82, 2.24) is 4.90 Å². The molecule has 0 aromatic carbocycles. The number of carbonyl (C=O) groups is 2. The van der Waals surface area contributed by atoms with E-state index in [0.717, 1.165) is 25.8 Å². The lowest BCUT2D eigenvalue weighted by Crippen LogP contribution is -2.50. The lowest BCUT2D eigenvalue weighted by molar-refractivity contribution is -0.154. The summed E-state index contributed by atoms with van der Waals surface area (Å²) >= 11 is 0. The van der Waals surface area contributed by atoms with E-state index in [1.807, 2.05) is 4.90 Å². The van der Waals surface area contributed by atoms with Gasteiger partial charge in [0.15, 0.2) is 0 Å². The molecule has 1 heterocycles. The van der Waals surface area contributed by atoms with Gasteiger partial charge in [0.05, 0.1) is 5.41 Å². The van der Waals surface area contributed by atoms with E-state index in [0.29, 0.717) is 18.9 Å². The first kappa shape index (κ1) is 16.3. The maximum atomic E-state index is 12.8. The summed E-state index contributed by atoms with van der Waals surface area (Å²) < 4.78 is 0. The molecule has 4 heteroatoms. The Kier molecular flexibility index (Phi) is 5.28. The Morgan fingerprint density at radius 3 is 2.52 bits per heavy atom. The first-order valence-corrected chi connectivity index (χ1v) is 8.48. The number of piperidine rings is 1. The van der Waals surface area contributed by atoms with Crippen LogP contribution in [-0.2, 0) is 9.59 Å². The molecule has 1 saturated heterocycles. The number of amides is 1. The molecular weight excluding hydrogens is 266 g/mol. The van der Waals surface area contributed by atoms with Gasteiger partial charge >= 0.3 is 5.97 Å². The van der Waals surface area contributed by atoms with Crippen LogP contribution >= 0.6 is 0 Å². The van der Waals surface area contributed by atoms with Crippen molar-refractivity contribution in [2.75, 3.05) is 13.1 Å². The van der Waals surface area contributed by atoms with Crippen LogP contribution in [0.2, 0.25) is 0 Å². The summed E-state index contributed by atoms with van der Waals surface area (Å²) in [5.74, 6) is 0.208. The maximum Gasteiger partial charge on any atom is 0.311 e. The quantitative estimate of drug-likeness (QED) is 0.846. The Labute approximate surface area is 127 Å². The van der Waals surface area contributed by atoms with Crippen molar-refractivity contribution < 1.29 is 14.7 Å². The number of aliphatic carboxylic acids is 1. The van der Waals surface area contributed by atoms with E-state index >= 15 is 0 Å². The summed E-state index contributed by atoms with van der Waals surface area (Å²) in [6.07, 6.45) is 8.46. The van der Waals surface area contributed by atoms with Gasteiger partial charge in [-0.15, -0.1) is 0 Å². The molecule has 2 fully saturated rings. The third kappa shape index (κ3) is 3.78. The number of carbonyl (C=O) groups excluding carboxylic acids is 1. The highest BCUT2D eigenvalue weighted by Gasteiger charge is 2.40. The fraction of sp³-hybridized carbons (Fsp3) is 0.882. The van der Waals surface area contributed by atoms with Crippen LogP contribution in [0.4, 0.5) is 0 Å². The zero-order valence-electron chi connectivity index (χ0n) is 13.4. The molecule has 4 nitrogen and oxygen atoms in total. The molecule has 0 bridgehead atoms. The number of carboxylic acid groups (broad SMARTS) is 1. The first-order chi connectivity index (χ1) is 9.96. The molecule has 1 saturated carbocycles. The molecule has 1 aliphatic heterocycles. The number of nitrogens with zero attached hydrogens (tertiary/aromatic N) is 1. The van der Waals surface area contributed by atoms with Crippen molar-refractivity contribution in [2.45, 2.75) is 65.2 Å². The zero-order chi connectivity index (χ0) is 15.5. The normalized spacial score (nSPS) is 28.6. The Morgan fingerprint density at radius 1 is 1.29 bits per heavy atom. The van der Waals surface area contributed by atoms with Crippen molar-refractivity contribution in [1.29, 1.82) is 0 Å². The first-order valence-electron chi connectivity index (χ1n) is 8.48. The van der Waals surface area contributed by atoms with E-state index < -0.39 is 11.4 Å². The summed E-state index contributed by atoms with van der Waals surface area (Å²) in [5, 5.41) is 9.38. The van der Waals surface area contributed by atoms with Crippen molar-refractivity contribution in [3.05, 3.63) is 0 Å². The van der Waals surface area contributed by atoms with Crippen molar-refractivity contribution >= 4 is 11.9 Å². The minimum atomic E-state index is -0.774. The van der Waals surface area contributed by atoms with E-state index in [9.17, 15) is 14.7 Å². The molecule has 2 atom stereocenters. The van der Waals surface area contributed by atoms with Crippen LogP contribution in [-0.4, -0.2) is 35.0 Å². The largest absolute Gasteiger partial charge is 0.481 e. The highest BCUT2D eigenvalue weighted by molar-refractivity contribution is 5.81. The van der Waals surface area contributed by atoms with Gasteiger partial charge in [0.25, 0.3) is 0 Å². The van der Waals surface area contributed by atoms with Crippen LogP contribution in [0.15, 0.2) is 0 Å². The number of rotatable bonds is 5. The van der Waals surface area contributed by atoms with Gasteiger partial charge < -0.3 is 10.0 Å². The minimum absolute atomic E-state index is 0.0873. The second-order valence-electron chi connectivity index (χ2n) is 7.22. The van der Waals surface area contributed by atoms with E-state index in [1.165, 1.54) is 25.7 Å². The average molecular weight is 295 g/mol. The number of hydrogen-bond donors (Lipinski definition) is 1. The molecule has 1 N–H and O–H groups in total. The van der Waals surface area contributed by atoms with E-state index in [4.69, 9.17) is 0 Å². The van der Waals surface area contributed by atoms with Crippen LogP contribution in [0.1, 0.15) is 65.2 Å². The molecule has 120 valence electrons. The second-order valence-corrected chi connectivity index (χ2v) is 7.22. The Balaban J connectivity index is 1.97. The summed E-state index contributed by atoms with van der Waals surface area (Å²) in [6, 6.07) is 0. The number of hydrogen-bond acceptors (Lipinski definition) is 2. The fourth-order valence-electron chi connectivity index (χ4n) is 3.95. The Hall–Kier alpha value is -1.06. The summed E-state index contributed by atoms with van der Waals surface area (Å²) in [4.78, 5) is 26.0. The maximum absolute atomic E-state index is 12.8. The van der Waals surface area contributed by atoms with Crippen LogP contribution in [0, 0.1) is 17.3 Å². The lowest BCUT2D eigenvalue weighted by Gasteiger charge is -2.39. The summed E-state index contributed by atoms with van der Waals surface area (Å²) in [7, 11) is 0. The zero-order valence-corrected chi connectivity index (χ0v) is 13.4. The highest BCUT2D eigenvalue weighted by atomic mass is 16.4. The monoisotopic (exact) mass is 295 g/mol. The molecule has 1 aliphatic carbocycles. The second kappa shape index (κ2) is 6.80. The van der Waals surface area contributed by atoms with Gasteiger partial charge in [-0.1, -0.05) is 32.6 Å². The average Bonchev–Trinajstić information content (AvgIpc) is 2.97. The van der Waals surface area contributed by atoms with E-state index in [-0.39, 0.29) is 11.8 Å². The summed E-state index contributed by atoms with van der Waals surface area (Å²) in [6.45, 7) is 4.95. The van der Waals surface area contributed by atoms with E-state index in [2.05, 4.69) is 6.92 Å². The number of carboxylic acids is 1. The smallest absolute Gasteiger partial charge is 0.311 e. The lowest BCUT2D eigenvalue weighted by atomic mass is 9.81. The molecule has 21 heavy (non-hydrogen) atoms. The van der Waals surface area contributed by atoms with Gasteiger partial charge in [-0.05, 0) is 38.5 Å². The highest BCUT2D eigenvalue weighted by Crippen LogP contribution is 2.34. The minimum Gasteiger partial charge on any atom is -0.481 e. The molecule has 0 aromatic heterocycles. The SMILES string of the molecule is CCC(CC1CCCC1)C(=O)N1CCCC(C)(C(=O)O)C1. The number of likely N-dealkylation sites (tertiary alicyclic amines) is 1. The Bertz CT molecular complexity index is 389. The predicted octanol–water partition coefficient (Wildman–Crippen LogP) is 3.31. The molecule has 0 radical (unpaired) electrons. The van der Waals surface area contributed by atoms with Crippen LogP contribution in [0.5, 0.6) is 0 Å². The van der Waals surface area contributed by atoms with Crippen molar-refractivity contribution in [2.24, 2.45) is 17.3 Å². The van der Waals surface area contributed by atoms with Crippen LogP contribution < -0.4 is 0 Å². The van der Waals surface area contributed by atoms with Gasteiger partial charge in [-0.3, -0.25) is 9.59 Å². The fourth-order valence-corrected chi connectivity index (χ4v) is 3.95. The Morgan fingerprint density at radius 2 is 1.95 bits per heavy atom. The van der Waals surface area contributed by atoms with Gasteiger partial charge in [-0.2, -0.15) is 0 Å². The molecule has 2 unspecified atom stereocenters. The molecule has 0 aromatic rings. The molecule has 2 rings (SSSR count). The van der Waals surface area contributed by atoms with Crippen molar-refractivity contribution in [3.8, 4) is 0 Å². The van der Waals surface area contributed by atoms with Gasteiger partial charge in [0.1, 0.15) is 0 Å². The summed E-state index contributed by atoms with van der Waals surface area (Å²) in [5.41, 5.74) is -0.764.